The van der Waals surface area contributed by atoms with Crippen LogP contribution in [0.15, 0.2) is 67.0 Å². The fraction of sp³-hybridized carbons (Fsp3) is 0. The SMILES string of the molecule is Nc1c(Nc2ccc(F)c(F)c2)ncnc1Oc1ccc2ccccc2c1. The Kier molecular flexibility index (Phi) is 4.25. The molecule has 0 aliphatic heterocycles. The maximum Gasteiger partial charge on any atom is 0.248 e. The molecule has 0 saturated heterocycles. The highest BCUT2D eigenvalue weighted by Gasteiger charge is 2.12. The molecule has 4 rings (SSSR count). The molecule has 7 heteroatoms. The van der Waals surface area contributed by atoms with E-state index in [1.54, 1.807) is 0 Å². The van der Waals surface area contributed by atoms with Gasteiger partial charge in [-0.05, 0) is 35.0 Å². The highest BCUT2D eigenvalue weighted by Crippen LogP contribution is 2.32. The van der Waals surface area contributed by atoms with Gasteiger partial charge in [0, 0.05) is 11.8 Å². The maximum absolute atomic E-state index is 13.4. The van der Waals surface area contributed by atoms with Gasteiger partial charge in [-0.3, -0.25) is 0 Å². The zero-order chi connectivity index (χ0) is 18.8. The fourth-order valence-corrected chi connectivity index (χ4v) is 2.61. The predicted molar refractivity (Wildman–Crippen MR) is 100 cm³/mol. The van der Waals surface area contributed by atoms with E-state index in [-0.39, 0.29) is 17.4 Å². The minimum absolute atomic E-state index is 0.149. The van der Waals surface area contributed by atoms with E-state index in [9.17, 15) is 8.78 Å². The third-order valence-corrected chi connectivity index (χ3v) is 3.97. The second-order valence-electron chi connectivity index (χ2n) is 5.81. The van der Waals surface area contributed by atoms with Crippen LogP contribution in [0.2, 0.25) is 0 Å². The van der Waals surface area contributed by atoms with Gasteiger partial charge in [0.15, 0.2) is 17.5 Å². The second kappa shape index (κ2) is 6.87. The summed E-state index contributed by atoms with van der Waals surface area (Å²) in [6.45, 7) is 0. The lowest BCUT2D eigenvalue weighted by molar-refractivity contribution is 0.465. The molecule has 1 aromatic heterocycles. The van der Waals surface area contributed by atoms with E-state index in [1.165, 1.54) is 12.4 Å². The quantitative estimate of drug-likeness (QED) is 0.532. The number of hydrogen-bond donors (Lipinski definition) is 2. The van der Waals surface area contributed by atoms with Gasteiger partial charge in [-0.2, -0.15) is 4.98 Å². The molecule has 0 radical (unpaired) electrons. The van der Waals surface area contributed by atoms with Crippen LogP contribution in [-0.2, 0) is 0 Å². The van der Waals surface area contributed by atoms with Crippen molar-refractivity contribution in [3.05, 3.63) is 78.6 Å². The van der Waals surface area contributed by atoms with Gasteiger partial charge in [0.1, 0.15) is 17.8 Å². The number of nitrogen functional groups attached to an aromatic ring is 1. The van der Waals surface area contributed by atoms with E-state index >= 15 is 0 Å². The van der Waals surface area contributed by atoms with Gasteiger partial charge in [-0.1, -0.05) is 30.3 Å². The molecule has 5 nitrogen and oxygen atoms in total. The number of nitrogens with one attached hydrogen (secondary N) is 1. The van der Waals surface area contributed by atoms with E-state index in [0.29, 0.717) is 11.4 Å². The Hall–Kier alpha value is -3.74. The van der Waals surface area contributed by atoms with E-state index < -0.39 is 11.6 Å². The summed E-state index contributed by atoms with van der Waals surface area (Å²) in [5.74, 6) is -0.952. The Bertz CT molecular complexity index is 1130. The van der Waals surface area contributed by atoms with Crippen LogP contribution in [-0.4, -0.2) is 9.97 Å². The molecule has 0 saturated carbocycles. The van der Waals surface area contributed by atoms with Crippen molar-refractivity contribution in [2.45, 2.75) is 0 Å². The molecule has 4 aromatic rings. The van der Waals surface area contributed by atoms with Crippen molar-refractivity contribution < 1.29 is 13.5 Å². The summed E-state index contributed by atoms with van der Waals surface area (Å²) in [7, 11) is 0. The lowest BCUT2D eigenvalue weighted by Crippen LogP contribution is -2.03. The smallest absolute Gasteiger partial charge is 0.248 e. The Morgan fingerprint density at radius 1 is 0.852 bits per heavy atom. The van der Waals surface area contributed by atoms with Crippen LogP contribution in [0.25, 0.3) is 10.8 Å². The molecule has 0 atom stereocenters. The highest BCUT2D eigenvalue weighted by molar-refractivity contribution is 5.84. The molecule has 0 spiro atoms. The average Bonchev–Trinajstić information content (AvgIpc) is 2.68. The van der Waals surface area contributed by atoms with Crippen molar-refractivity contribution in [2.75, 3.05) is 11.1 Å². The van der Waals surface area contributed by atoms with Crippen LogP contribution >= 0.6 is 0 Å². The Morgan fingerprint density at radius 3 is 2.48 bits per heavy atom. The first-order chi connectivity index (χ1) is 13.1. The van der Waals surface area contributed by atoms with Crippen LogP contribution in [0.4, 0.5) is 26.0 Å². The Labute approximate surface area is 153 Å². The zero-order valence-corrected chi connectivity index (χ0v) is 14.0. The third kappa shape index (κ3) is 3.48. The minimum atomic E-state index is -0.972. The molecule has 0 aliphatic rings. The minimum Gasteiger partial charge on any atom is -0.437 e. The molecular formula is C20H14F2N4O. The molecule has 0 unspecified atom stereocenters. The van der Waals surface area contributed by atoms with Crippen LogP contribution in [0.1, 0.15) is 0 Å². The van der Waals surface area contributed by atoms with Gasteiger partial charge in [-0.25, -0.2) is 13.8 Å². The number of fused-ring (bicyclic) bond motifs is 1. The lowest BCUT2D eigenvalue weighted by atomic mass is 10.1. The molecule has 1 heterocycles. The zero-order valence-electron chi connectivity index (χ0n) is 14.0. The molecule has 134 valence electrons. The lowest BCUT2D eigenvalue weighted by Gasteiger charge is -2.12. The van der Waals surface area contributed by atoms with Crippen LogP contribution in [0.5, 0.6) is 11.6 Å². The van der Waals surface area contributed by atoms with Crippen LogP contribution in [0, 0.1) is 11.6 Å². The summed E-state index contributed by atoms with van der Waals surface area (Å²) >= 11 is 0. The van der Waals surface area contributed by atoms with Gasteiger partial charge < -0.3 is 15.8 Å². The fourth-order valence-electron chi connectivity index (χ4n) is 2.61. The van der Waals surface area contributed by atoms with Crippen molar-refractivity contribution in [1.82, 2.24) is 9.97 Å². The van der Waals surface area contributed by atoms with Gasteiger partial charge in [-0.15, -0.1) is 0 Å². The average molecular weight is 364 g/mol. The van der Waals surface area contributed by atoms with E-state index in [0.717, 1.165) is 22.9 Å². The number of benzene rings is 3. The van der Waals surface area contributed by atoms with Crippen molar-refractivity contribution in [1.29, 1.82) is 0 Å². The van der Waals surface area contributed by atoms with E-state index in [2.05, 4.69) is 15.3 Å². The van der Waals surface area contributed by atoms with Crippen molar-refractivity contribution in [3.8, 4) is 11.6 Å². The monoisotopic (exact) mass is 364 g/mol. The van der Waals surface area contributed by atoms with E-state index in [4.69, 9.17) is 10.5 Å². The first kappa shape index (κ1) is 16.7. The first-order valence-corrected chi connectivity index (χ1v) is 8.09. The number of hydrogen-bond acceptors (Lipinski definition) is 5. The van der Waals surface area contributed by atoms with E-state index in [1.807, 2.05) is 42.5 Å². The topological polar surface area (TPSA) is 73.1 Å². The third-order valence-electron chi connectivity index (χ3n) is 3.97. The molecule has 0 amide bonds. The number of halogens is 2. The molecular weight excluding hydrogens is 350 g/mol. The Balaban J connectivity index is 1.61. The molecule has 3 N–H and O–H groups in total. The maximum atomic E-state index is 13.4. The summed E-state index contributed by atoms with van der Waals surface area (Å²) in [6, 6.07) is 16.9. The molecule has 27 heavy (non-hydrogen) atoms. The van der Waals surface area contributed by atoms with Crippen LogP contribution < -0.4 is 15.8 Å². The second-order valence-corrected chi connectivity index (χ2v) is 5.81. The summed E-state index contributed by atoms with van der Waals surface area (Å²) in [4.78, 5) is 8.09. The molecule has 3 aromatic carbocycles. The largest absolute Gasteiger partial charge is 0.437 e. The Morgan fingerprint density at radius 2 is 1.67 bits per heavy atom. The predicted octanol–water partition coefficient (Wildman–Crippen LogP) is 5.03. The van der Waals surface area contributed by atoms with Gasteiger partial charge >= 0.3 is 0 Å². The summed E-state index contributed by atoms with van der Waals surface area (Å²) in [5.41, 5.74) is 6.53. The highest BCUT2D eigenvalue weighted by atomic mass is 19.2. The molecule has 0 fully saturated rings. The van der Waals surface area contributed by atoms with Crippen LogP contribution in [0.3, 0.4) is 0 Å². The molecule has 0 aliphatic carbocycles. The first-order valence-electron chi connectivity index (χ1n) is 8.09. The number of nitrogens with zero attached hydrogens (tertiary/aromatic N) is 2. The van der Waals surface area contributed by atoms with Gasteiger partial charge in [0.05, 0.1) is 0 Å². The number of aromatic nitrogens is 2. The number of anilines is 3. The summed E-state index contributed by atoms with van der Waals surface area (Å²) in [6.07, 6.45) is 1.27. The van der Waals surface area contributed by atoms with Crippen molar-refractivity contribution in [2.24, 2.45) is 0 Å². The van der Waals surface area contributed by atoms with Crippen molar-refractivity contribution >= 4 is 28.0 Å². The summed E-state index contributed by atoms with van der Waals surface area (Å²) in [5, 5.41) is 4.93. The van der Waals surface area contributed by atoms with Gasteiger partial charge in [0.2, 0.25) is 5.88 Å². The number of ether oxygens (including phenoxy) is 1. The normalized spacial score (nSPS) is 10.7. The molecule has 0 bridgehead atoms. The number of rotatable bonds is 4. The summed E-state index contributed by atoms with van der Waals surface area (Å²) < 4.78 is 32.2. The number of nitrogens with two attached hydrogens (primary N) is 1. The standard InChI is InChI=1S/C20H14F2N4O/c21-16-8-6-14(10-17(16)22)26-19-18(23)20(25-11-24-19)27-15-7-5-12-3-1-2-4-13(12)9-15/h1-11H,23H2,(H,24,25,26). The van der Waals surface area contributed by atoms with Crippen molar-refractivity contribution in [3.63, 3.8) is 0 Å². The van der Waals surface area contributed by atoms with Gasteiger partial charge in [0.25, 0.3) is 0 Å².